The van der Waals surface area contributed by atoms with Gasteiger partial charge in [0.05, 0.1) is 23.8 Å². The molecular weight excluding hydrogens is 360 g/mol. The maximum absolute atomic E-state index is 12.1. The summed E-state index contributed by atoms with van der Waals surface area (Å²) in [6.07, 6.45) is 2.08. The van der Waals surface area contributed by atoms with Crippen LogP contribution in [0.15, 0.2) is 59.1 Å². The zero-order valence-corrected chi connectivity index (χ0v) is 16.0. The van der Waals surface area contributed by atoms with Gasteiger partial charge < -0.3 is 14.8 Å². The lowest BCUT2D eigenvalue weighted by Gasteiger charge is -2.25. The van der Waals surface area contributed by atoms with Crippen molar-refractivity contribution in [2.24, 2.45) is 0 Å². The van der Waals surface area contributed by atoms with Crippen LogP contribution in [-0.4, -0.2) is 19.3 Å². The summed E-state index contributed by atoms with van der Waals surface area (Å²) in [5.41, 5.74) is 2.47. The minimum atomic E-state index is -0.295. The van der Waals surface area contributed by atoms with Crippen LogP contribution in [0.5, 0.6) is 11.5 Å². The van der Waals surface area contributed by atoms with Gasteiger partial charge in [-0.25, -0.2) is 0 Å². The number of benzene rings is 2. The highest BCUT2D eigenvalue weighted by Crippen LogP contribution is 2.39. The van der Waals surface area contributed by atoms with Crippen molar-refractivity contribution < 1.29 is 14.3 Å². The fraction of sp³-hybridized carbons (Fsp3) is 0.238. The molecule has 1 aliphatic heterocycles. The number of amides is 1. The molecule has 1 atom stereocenters. The van der Waals surface area contributed by atoms with Gasteiger partial charge in [0.2, 0.25) is 5.91 Å². The zero-order chi connectivity index (χ0) is 19.2. The Bertz CT molecular complexity index is 903. The Morgan fingerprint density at radius 1 is 1.22 bits per heavy atom. The van der Waals surface area contributed by atoms with Gasteiger partial charge in [0.25, 0.3) is 0 Å². The van der Waals surface area contributed by atoms with Gasteiger partial charge >= 0.3 is 0 Å². The van der Waals surface area contributed by atoms with Crippen LogP contribution in [0.3, 0.4) is 0 Å². The summed E-state index contributed by atoms with van der Waals surface area (Å²) < 4.78 is 11.4. The minimum Gasteiger partial charge on any atom is -0.493 e. The fourth-order valence-electron chi connectivity index (χ4n) is 3.02. The SMILES string of the molecule is COc1ccc(C2CC(=O)NC(SC)=C2C#N)cc1OCc1ccccc1. The lowest BCUT2D eigenvalue weighted by molar-refractivity contribution is -0.120. The second-order valence-corrected chi connectivity index (χ2v) is 6.86. The number of nitriles is 1. The fourth-order valence-corrected chi connectivity index (χ4v) is 3.65. The predicted octanol–water partition coefficient (Wildman–Crippen LogP) is 3.98. The molecule has 3 rings (SSSR count). The van der Waals surface area contributed by atoms with Crippen LogP contribution in [0.2, 0.25) is 0 Å². The number of ether oxygens (including phenoxy) is 2. The van der Waals surface area contributed by atoms with Gasteiger partial charge in [-0.1, -0.05) is 36.4 Å². The van der Waals surface area contributed by atoms with Crippen LogP contribution in [-0.2, 0) is 11.4 Å². The average molecular weight is 380 g/mol. The zero-order valence-electron chi connectivity index (χ0n) is 15.2. The van der Waals surface area contributed by atoms with Gasteiger partial charge in [-0.05, 0) is 29.5 Å². The van der Waals surface area contributed by atoms with Gasteiger partial charge in [-0.15, -0.1) is 11.8 Å². The summed E-state index contributed by atoms with van der Waals surface area (Å²) in [6.45, 7) is 0.406. The molecule has 1 aliphatic rings. The summed E-state index contributed by atoms with van der Waals surface area (Å²) in [5.74, 6) is 0.817. The number of thioether (sulfide) groups is 1. The van der Waals surface area contributed by atoms with E-state index in [2.05, 4.69) is 11.4 Å². The molecule has 27 heavy (non-hydrogen) atoms. The first-order chi connectivity index (χ1) is 13.2. The van der Waals surface area contributed by atoms with Crippen LogP contribution < -0.4 is 14.8 Å². The Balaban J connectivity index is 1.92. The van der Waals surface area contributed by atoms with Gasteiger partial charge in [0.15, 0.2) is 11.5 Å². The van der Waals surface area contributed by atoms with Crippen molar-refractivity contribution in [3.8, 4) is 17.6 Å². The van der Waals surface area contributed by atoms with E-state index in [1.54, 1.807) is 7.11 Å². The Morgan fingerprint density at radius 2 is 2.00 bits per heavy atom. The van der Waals surface area contributed by atoms with Gasteiger partial charge in [-0.2, -0.15) is 5.26 Å². The van der Waals surface area contributed by atoms with Crippen molar-refractivity contribution in [3.63, 3.8) is 0 Å². The third kappa shape index (κ3) is 4.26. The van der Waals surface area contributed by atoms with E-state index in [0.29, 0.717) is 28.7 Å². The van der Waals surface area contributed by atoms with Crippen molar-refractivity contribution in [1.82, 2.24) is 5.32 Å². The molecule has 1 amide bonds. The summed E-state index contributed by atoms with van der Waals surface area (Å²) in [6, 6.07) is 17.7. The highest BCUT2D eigenvalue weighted by Gasteiger charge is 2.29. The Labute approximate surface area is 163 Å². The first-order valence-corrected chi connectivity index (χ1v) is 9.71. The molecular formula is C21H20N2O3S. The summed E-state index contributed by atoms with van der Waals surface area (Å²) >= 11 is 1.37. The van der Waals surface area contributed by atoms with E-state index in [9.17, 15) is 10.1 Å². The summed E-state index contributed by atoms with van der Waals surface area (Å²) in [4.78, 5) is 12.1. The van der Waals surface area contributed by atoms with E-state index >= 15 is 0 Å². The monoisotopic (exact) mass is 380 g/mol. The van der Waals surface area contributed by atoms with E-state index in [1.807, 2.05) is 54.8 Å². The second-order valence-electron chi connectivity index (χ2n) is 6.05. The minimum absolute atomic E-state index is 0.0917. The van der Waals surface area contributed by atoms with Crippen molar-refractivity contribution in [1.29, 1.82) is 5.26 Å². The first kappa shape index (κ1) is 18.9. The maximum atomic E-state index is 12.1. The van der Waals surface area contributed by atoms with E-state index in [0.717, 1.165) is 11.1 Å². The molecule has 0 aromatic heterocycles. The van der Waals surface area contributed by atoms with Crippen molar-refractivity contribution in [2.75, 3.05) is 13.4 Å². The van der Waals surface area contributed by atoms with Crippen LogP contribution in [0.1, 0.15) is 23.5 Å². The quantitative estimate of drug-likeness (QED) is 0.821. The highest BCUT2D eigenvalue weighted by molar-refractivity contribution is 8.02. The number of hydrogen-bond acceptors (Lipinski definition) is 5. The van der Waals surface area contributed by atoms with Gasteiger partial charge in [-0.3, -0.25) is 4.79 Å². The number of carbonyl (C=O) groups is 1. The molecule has 0 radical (unpaired) electrons. The number of nitrogens with zero attached hydrogens (tertiary/aromatic N) is 1. The van der Waals surface area contributed by atoms with Crippen LogP contribution in [0.25, 0.3) is 0 Å². The standard InChI is InChI=1S/C21H20N2O3S/c1-25-18-9-8-15(10-19(18)26-13-14-6-4-3-5-7-14)16-11-20(24)23-21(27-2)17(16)12-22/h3-10,16H,11,13H2,1-2H3,(H,23,24). The summed E-state index contributed by atoms with van der Waals surface area (Å²) in [7, 11) is 1.59. The smallest absolute Gasteiger partial charge is 0.225 e. The van der Waals surface area contributed by atoms with Crippen LogP contribution in [0, 0.1) is 11.3 Å². The molecule has 0 aliphatic carbocycles. The highest BCUT2D eigenvalue weighted by atomic mass is 32.2. The Morgan fingerprint density at radius 3 is 2.67 bits per heavy atom. The molecule has 1 heterocycles. The topological polar surface area (TPSA) is 71.3 Å². The second kappa shape index (κ2) is 8.65. The molecule has 1 N–H and O–H groups in total. The van der Waals surface area contributed by atoms with Crippen LogP contribution >= 0.6 is 11.8 Å². The summed E-state index contributed by atoms with van der Waals surface area (Å²) in [5, 5.41) is 13.0. The van der Waals surface area contributed by atoms with Crippen molar-refractivity contribution in [3.05, 3.63) is 70.3 Å². The predicted molar refractivity (Wildman–Crippen MR) is 105 cm³/mol. The molecule has 0 saturated carbocycles. The molecule has 5 nitrogen and oxygen atoms in total. The number of methoxy groups -OCH3 is 1. The molecule has 2 aromatic rings. The lowest BCUT2D eigenvalue weighted by atomic mass is 9.87. The first-order valence-electron chi connectivity index (χ1n) is 8.49. The Hall–Kier alpha value is -2.91. The molecule has 1 unspecified atom stereocenters. The van der Waals surface area contributed by atoms with Crippen LogP contribution in [0.4, 0.5) is 0 Å². The third-order valence-electron chi connectivity index (χ3n) is 4.39. The van der Waals surface area contributed by atoms with E-state index in [-0.39, 0.29) is 18.2 Å². The Kier molecular flexibility index (Phi) is 6.05. The molecule has 138 valence electrons. The van der Waals surface area contributed by atoms with Crippen molar-refractivity contribution in [2.45, 2.75) is 18.9 Å². The molecule has 6 heteroatoms. The third-order valence-corrected chi connectivity index (χ3v) is 5.12. The number of carbonyl (C=O) groups excluding carboxylic acids is 1. The van der Waals surface area contributed by atoms with Crippen molar-refractivity contribution >= 4 is 17.7 Å². The number of allylic oxidation sites excluding steroid dienone is 1. The molecule has 0 spiro atoms. The van der Waals surface area contributed by atoms with E-state index < -0.39 is 0 Å². The average Bonchev–Trinajstić information content (AvgIpc) is 2.72. The number of nitrogens with one attached hydrogen (secondary N) is 1. The van der Waals surface area contributed by atoms with E-state index in [1.165, 1.54) is 11.8 Å². The normalized spacial score (nSPS) is 16.5. The largest absolute Gasteiger partial charge is 0.493 e. The van der Waals surface area contributed by atoms with E-state index in [4.69, 9.17) is 9.47 Å². The molecule has 0 bridgehead atoms. The van der Waals surface area contributed by atoms with Gasteiger partial charge in [0.1, 0.15) is 6.61 Å². The molecule has 0 fully saturated rings. The lowest BCUT2D eigenvalue weighted by Crippen LogP contribution is -2.30. The molecule has 0 saturated heterocycles. The molecule has 2 aromatic carbocycles. The number of hydrogen-bond donors (Lipinski definition) is 1. The number of rotatable bonds is 6. The maximum Gasteiger partial charge on any atom is 0.225 e. The van der Waals surface area contributed by atoms with Gasteiger partial charge in [0, 0.05) is 12.3 Å².